The second-order valence-electron chi connectivity index (χ2n) is 5.21. The van der Waals surface area contributed by atoms with E-state index in [1.165, 1.54) is 24.1 Å². The van der Waals surface area contributed by atoms with Gasteiger partial charge in [-0.15, -0.1) is 11.3 Å². The van der Waals surface area contributed by atoms with Crippen LogP contribution in [0.3, 0.4) is 0 Å². The number of thiophene rings is 1. The Kier molecular flexibility index (Phi) is 4.30. The summed E-state index contributed by atoms with van der Waals surface area (Å²) >= 11 is 1.62. The largest absolute Gasteiger partial charge is 0.494 e. The minimum Gasteiger partial charge on any atom is -0.494 e. The van der Waals surface area contributed by atoms with Crippen molar-refractivity contribution in [3.8, 4) is 5.75 Å². The molecule has 1 heterocycles. The summed E-state index contributed by atoms with van der Waals surface area (Å²) in [6.07, 6.45) is 0.286. The zero-order valence-corrected chi connectivity index (χ0v) is 13.7. The number of rotatable bonds is 4. The van der Waals surface area contributed by atoms with Crippen LogP contribution in [0.1, 0.15) is 5.56 Å². The van der Waals surface area contributed by atoms with E-state index in [0.29, 0.717) is 5.69 Å². The van der Waals surface area contributed by atoms with Crippen LogP contribution in [0.15, 0.2) is 47.8 Å². The predicted molar refractivity (Wildman–Crippen MR) is 91.9 cm³/mol. The van der Waals surface area contributed by atoms with Crippen LogP contribution in [0.4, 0.5) is 10.1 Å². The number of amides is 1. The molecule has 5 heteroatoms. The highest BCUT2D eigenvalue weighted by Gasteiger charge is 2.15. The molecule has 0 spiro atoms. The van der Waals surface area contributed by atoms with E-state index in [0.717, 1.165) is 15.6 Å². The summed E-state index contributed by atoms with van der Waals surface area (Å²) in [6.45, 7) is 0. The second kappa shape index (κ2) is 6.38. The number of anilines is 1. The van der Waals surface area contributed by atoms with Crippen LogP contribution in [-0.4, -0.2) is 20.1 Å². The van der Waals surface area contributed by atoms with Gasteiger partial charge in [-0.25, -0.2) is 4.39 Å². The molecule has 1 aromatic heterocycles. The highest BCUT2D eigenvalue weighted by molar-refractivity contribution is 7.17. The monoisotopic (exact) mass is 329 g/mol. The number of halogens is 1. The number of likely N-dealkylation sites (N-methyl/N-ethyl adjacent to an activating group) is 1. The number of methoxy groups -OCH3 is 1. The second-order valence-corrected chi connectivity index (χ2v) is 6.12. The van der Waals surface area contributed by atoms with Gasteiger partial charge in [0.25, 0.3) is 0 Å². The molecular formula is C18H16FNO2S. The number of carbonyl (C=O) groups is 1. The zero-order valence-electron chi connectivity index (χ0n) is 12.9. The van der Waals surface area contributed by atoms with Crippen molar-refractivity contribution in [2.75, 3.05) is 19.1 Å². The van der Waals surface area contributed by atoms with Crippen LogP contribution in [0.25, 0.3) is 10.1 Å². The van der Waals surface area contributed by atoms with Crippen LogP contribution >= 0.6 is 11.3 Å². The predicted octanol–water partition coefficient (Wildman–Crippen LogP) is 4.25. The van der Waals surface area contributed by atoms with Crippen LogP contribution in [0.5, 0.6) is 5.75 Å². The van der Waals surface area contributed by atoms with E-state index in [2.05, 4.69) is 0 Å². The Bertz CT molecular complexity index is 859. The maximum Gasteiger partial charge on any atom is 0.231 e. The molecule has 0 saturated carbocycles. The van der Waals surface area contributed by atoms with Gasteiger partial charge in [0.2, 0.25) is 5.91 Å². The van der Waals surface area contributed by atoms with E-state index < -0.39 is 5.82 Å². The van der Waals surface area contributed by atoms with Crippen LogP contribution in [0, 0.1) is 5.82 Å². The third-order valence-corrected chi connectivity index (χ3v) is 4.81. The topological polar surface area (TPSA) is 29.5 Å². The molecule has 1 amide bonds. The maximum atomic E-state index is 13.8. The molecule has 0 unspecified atom stereocenters. The lowest BCUT2D eigenvalue weighted by molar-refractivity contribution is -0.117. The molecule has 0 radical (unpaired) electrons. The minimum atomic E-state index is -0.481. The lowest BCUT2D eigenvalue weighted by atomic mass is 10.1. The fourth-order valence-corrected chi connectivity index (χ4v) is 3.42. The molecule has 0 aliphatic rings. The third-order valence-electron chi connectivity index (χ3n) is 3.80. The molecule has 3 rings (SSSR count). The first kappa shape index (κ1) is 15.5. The number of carbonyl (C=O) groups excluding carboxylic acids is 1. The SMILES string of the molecule is COc1ccc(N(C)C(=O)Cc2csc3ccccc23)cc1F. The average Bonchev–Trinajstić information content (AvgIpc) is 2.97. The molecule has 0 aliphatic heterocycles. The van der Waals surface area contributed by atoms with E-state index in [4.69, 9.17) is 4.74 Å². The molecule has 0 saturated heterocycles. The van der Waals surface area contributed by atoms with E-state index >= 15 is 0 Å². The smallest absolute Gasteiger partial charge is 0.231 e. The van der Waals surface area contributed by atoms with Crippen molar-refractivity contribution in [2.45, 2.75) is 6.42 Å². The highest BCUT2D eigenvalue weighted by atomic mass is 32.1. The first-order valence-electron chi connectivity index (χ1n) is 7.15. The number of hydrogen-bond donors (Lipinski definition) is 0. The summed E-state index contributed by atoms with van der Waals surface area (Å²) in [5.41, 5.74) is 1.50. The Labute approximate surface area is 137 Å². The number of ether oxygens (including phenoxy) is 1. The molecule has 0 fully saturated rings. The summed E-state index contributed by atoms with van der Waals surface area (Å²) < 4.78 is 19.9. The van der Waals surface area contributed by atoms with Crippen molar-refractivity contribution in [2.24, 2.45) is 0 Å². The normalized spacial score (nSPS) is 10.7. The van der Waals surface area contributed by atoms with Crippen molar-refractivity contribution in [1.29, 1.82) is 0 Å². The molecule has 23 heavy (non-hydrogen) atoms. The summed E-state index contributed by atoms with van der Waals surface area (Å²) in [6, 6.07) is 12.5. The Morgan fingerprint density at radius 1 is 1.26 bits per heavy atom. The van der Waals surface area contributed by atoms with E-state index in [1.807, 2.05) is 29.6 Å². The van der Waals surface area contributed by atoms with Gasteiger partial charge >= 0.3 is 0 Å². The summed E-state index contributed by atoms with van der Waals surface area (Å²) in [4.78, 5) is 14.0. The standard InChI is InChI=1S/C18H16FNO2S/c1-20(13-7-8-16(22-2)15(19)10-13)18(21)9-12-11-23-17-6-4-3-5-14(12)17/h3-8,10-11H,9H2,1-2H3. The fourth-order valence-electron chi connectivity index (χ4n) is 2.46. The van der Waals surface area contributed by atoms with Gasteiger partial charge in [-0.05, 0) is 34.5 Å². The Morgan fingerprint density at radius 3 is 2.78 bits per heavy atom. The van der Waals surface area contributed by atoms with E-state index in [1.54, 1.807) is 24.5 Å². The van der Waals surface area contributed by atoms with Crippen molar-refractivity contribution >= 4 is 33.0 Å². The molecule has 0 aliphatic carbocycles. The van der Waals surface area contributed by atoms with Crippen molar-refractivity contribution in [1.82, 2.24) is 0 Å². The van der Waals surface area contributed by atoms with Crippen molar-refractivity contribution in [3.63, 3.8) is 0 Å². The number of benzene rings is 2. The number of fused-ring (bicyclic) bond motifs is 1. The van der Waals surface area contributed by atoms with Gasteiger partial charge in [0.1, 0.15) is 0 Å². The van der Waals surface area contributed by atoms with Crippen LogP contribution in [0.2, 0.25) is 0 Å². The van der Waals surface area contributed by atoms with Crippen molar-refractivity contribution < 1.29 is 13.9 Å². The van der Waals surface area contributed by atoms with Crippen LogP contribution < -0.4 is 9.64 Å². The first-order chi connectivity index (χ1) is 11.1. The molecule has 118 valence electrons. The summed E-state index contributed by atoms with van der Waals surface area (Å²) in [5.74, 6) is -0.401. The third kappa shape index (κ3) is 3.05. The molecular weight excluding hydrogens is 313 g/mol. The minimum absolute atomic E-state index is 0.0851. The van der Waals surface area contributed by atoms with Gasteiger partial charge < -0.3 is 9.64 Å². The van der Waals surface area contributed by atoms with Gasteiger partial charge in [-0.1, -0.05) is 18.2 Å². The Morgan fingerprint density at radius 2 is 2.04 bits per heavy atom. The quantitative estimate of drug-likeness (QED) is 0.716. The van der Waals surface area contributed by atoms with E-state index in [-0.39, 0.29) is 18.1 Å². The van der Waals surface area contributed by atoms with Gasteiger partial charge in [0.05, 0.1) is 13.5 Å². The van der Waals surface area contributed by atoms with Gasteiger partial charge in [-0.2, -0.15) is 0 Å². The van der Waals surface area contributed by atoms with Crippen molar-refractivity contribution in [3.05, 3.63) is 59.2 Å². The average molecular weight is 329 g/mol. The molecule has 0 bridgehead atoms. The highest BCUT2D eigenvalue weighted by Crippen LogP contribution is 2.27. The fraction of sp³-hybridized carbons (Fsp3) is 0.167. The molecule has 2 aromatic carbocycles. The lowest BCUT2D eigenvalue weighted by Gasteiger charge is -2.18. The van der Waals surface area contributed by atoms with Crippen LogP contribution in [-0.2, 0) is 11.2 Å². The van der Waals surface area contributed by atoms with Gasteiger partial charge in [-0.3, -0.25) is 4.79 Å². The molecule has 0 N–H and O–H groups in total. The van der Waals surface area contributed by atoms with Gasteiger partial charge in [0.15, 0.2) is 11.6 Å². The molecule has 3 aromatic rings. The first-order valence-corrected chi connectivity index (χ1v) is 8.03. The number of hydrogen-bond acceptors (Lipinski definition) is 3. The van der Waals surface area contributed by atoms with E-state index in [9.17, 15) is 9.18 Å². The van der Waals surface area contributed by atoms with Gasteiger partial charge in [0, 0.05) is 23.5 Å². The Balaban J connectivity index is 1.81. The summed E-state index contributed by atoms with van der Waals surface area (Å²) in [7, 11) is 3.06. The lowest BCUT2D eigenvalue weighted by Crippen LogP contribution is -2.27. The molecule has 3 nitrogen and oxygen atoms in total. The summed E-state index contributed by atoms with van der Waals surface area (Å²) in [5, 5.41) is 3.10. The number of nitrogens with zero attached hydrogens (tertiary/aromatic N) is 1. The molecule has 0 atom stereocenters. The maximum absolute atomic E-state index is 13.8. The Hall–Kier alpha value is -2.40. The zero-order chi connectivity index (χ0) is 16.4.